The zero-order valence-corrected chi connectivity index (χ0v) is 14.4. The molecular weight excluding hydrogens is 310 g/mol. The predicted molar refractivity (Wildman–Crippen MR) is 91.5 cm³/mol. The molecule has 1 aliphatic heterocycles. The van der Waals surface area contributed by atoms with Crippen LogP contribution in [0.1, 0.15) is 26.3 Å². The van der Waals surface area contributed by atoms with Gasteiger partial charge in [0.05, 0.1) is 17.1 Å². The molecule has 2 aromatic rings. The molecule has 5 heteroatoms. The zero-order valence-electron chi connectivity index (χ0n) is 13.6. The Morgan fingerprint density at radius 3 is 2.39 bits per heavy atom. The number of benzene rings is 2. The number of anilines is 1. The van der Waals surface area contributed by atoms with Crippen LogP contribution in [0.5, 0.6) is 5.75 Å². The maximum Gasteiger partial charge on any atom is 0.264 e. The number of fused-ring (bicyclic) bond motifs is 1. The van der Waals surface area contributed by atoms with Crippen molar-refractivity contribution >= 4 is 15.7 Å². The second-order valence-electron chi connectivity index (χ2n) is 6.34. The van der Waals surface area contributed by atoms with Crippen molar-refractivity contribution in [3.63, 3.8) is 0 Å². The number of aryl methyl sites for hydroxylation is 1. The van der Waals surface area contributed by atoms with E-state index in [9.17, 15) is 8.42 Å². The number of ether oxygens (including phenoxy) is 1. The van der Waals surface area contributed by atoms with Crippen molar-refractivity contribution in [2.24, 2.45) is 0 Å². The lowest BCUT2D eigenvalue weighted by molar-refractivity contribution is 0.110. The fourth-order valence-corrected chi connectivity index (χ4v) is 4.37. The van der Waals surface area contributed by atoms with Crippen molar-refractivity contribution in [1.82, 2.24) is 0 Å². The fourth-order valence-electron chi connectivity index (χ4n) is 2.75. The molecule has 0 bridgehead atoms. The summed E-state index contributed by atoms with van der Waals surface area (Å²) in [6.07, 6.45) is 0.883. The molecule has 0 saturated heterocycles. The third-order valence-electron chi connectivity index (χ3n) is 3.96. The Labute approximate surface area is 137 Å². The van der Waals surface area contributed by atoms with Gasteiger partial charge >= 0.3 is 0 Å². The first-order valence-electron chi connectivity index (χ1n) is 7.73. The summed E-state index contributed by atoms with van der Waals surface area (Å²) in [7, 11) is -3.62. The van der Waals surface area contributed by atoms with E-state index in [1.165, 1.54) is 4.31 Å². The van der Waals surface area contributed by atoms with Crippen molar-refractivity contribution in [3.05, 3.63) is 54.1 Å². The first-order valence-corrected chi connectivity index (χ1v) is 9.17. The van der Waals surface area contributed by atoms with E-state index in [0.29, 0.717) is 16.3 Å². The highest BCUT2D eigenvalue weighted by Crippen LogP contribution is 2.39. The summed E-state index contributed by atoms with van der Waals surface area (Å²) >= 11 is 0. The van der Waals surface area contributed by atoms with Gasteiger partial charge < -0.3 is 4.74 Å². The van der Waals surface area contributed by atoms with E-state index in [1.807, 2.05) is 45.0 Å². The number of rotatable bonds is 3. The average Bonchev–Trinajstić information content (AvgIpc) is 2.53. The third kappa shape index (κ3) is 2.93. The summed E-state index contributed by atoms with van der Waals surface area (Å²) in [5, 5.41) is 0. The van der Waals surface area contributed by atoms with E-state index < -0.39 is 15.6 Å². The molecule has 1 aliphatic rings. The average molecular weight is 331 g/mol. The fraction of sp³-hybridized carbons (Fsp3) is 0.333. The van der Waals surface area contributed by atoms with Gasteiger partial charge in [0, 0.05) is 0 Å². The summed E-state index contributed by atoms with van der Waals surface area (Å²) < 4.78 is 33.6. The van der Waals surface area contributed by atoms with Gasteiger partial charge in [0.2, 0.25) is 0 Å². The van der Waals surface area contributed by atoms with Crippen LogP contribution in [-0.2, 0) is 16.4 Å². The second-order valence-corrected chi connectivity index (χ2v) is 8.20. The minimum atomic E-state index is -3.62. The Bertz CT molecular complexity index is 810. The van der Waals surface area contributed by atoms with Crippen LogP contribution < -0.4 is 9.04 Å². The van der Waals surface area contributed by atoms with Crippen LogP contribution in [0, 0.1) is 0 Å². The molecule has 0 radical (unpaired) electrons. The van der Waals surface area contributed by atoms with E-state index in [4.69, 9.17) is 4.74 Å². The normalized spacial score (nSPS) is 16.6. The lowest BCUT2D eigenvalue weighted by atomic mass is 10.1. The Hall–Kier alpha value is -2.01. The highest BCUT2D eigenvalue weighted by molar-refractivity contribution is 7.92. The van der Waals surface area contributed by atoms with Gasteiger partial charge in [-0.25, -0.2) is 8.42 Å². The monoisotopic (exact) mass is 331 g/mol. The van der Waals surface area contributed by atoms with Crippen LogP contribution in [0.15, 0.2) is 53.4 Å². The van der Waals surface area contributed by atoms with Crippen molar-refractivity contribution in [2.75, 3.05) is 10.8 Å². The van der Waals surface area contributed by atoms with Crippen LogP contribution in [0.25, 0.3) is 0 Å². The number of nitrogens with zero attached hydrogens (tertiary/aromatic N) is 1. The van der Waals surface area contributed by atoms with Crippen LogP contribution >= 0.6 is 0 Å². The number of hydrogen-bond acceptors (Lipinski definition) is 3. The molecule has 0 atom stereocenters. The second kappa shape index (κ2) is 5.57. The van der Waals surface area contributed by atoms with E-state index in [2.05, 4.69) is 0 Å². The molecule has 4 nitrogen and oxygen atoms in total. The maximum absolute atomic E-state index is 13.1. The SMILES string of the molecule is CCc1ccc(S(=O)(=O)N2CC(C)(C)Oc3ccccc32)cc1. The molecule has 0 fully saturated rings. The van der Waals surface area contributed by atoms with Gasteiger partial charge in [0.15, 0.2) is 0 Å². The van der Waals surface area contributed by atoms with Crippen molar-refractivity contribution in [2.45, 2.75) is 37.7 Å². The first-order chi connectivity index (χ1) is 10.8. The Morgan fingerprint density at radius 1 is 1.09 bits per heavy atom. The van der Waals surface area contributed by atoms with Crippen LogP contribution in [0.2, 0.25) is 0 Å². The molecule has 23 heavy (non-hydrogen) atoms. The first kappa shape index (κ1) is 15.9. The Morgan fingerprint density at radius 2 is 1.74 bits per heavy atom. The topological polar surface area (TPSA) is 46.6 Å². The Balaban J connectivity index is 2.08. The molecule has 3 rings (SSSR count). The van der Waals surface area contributed by atoms with Crippen molar-refractivity contribution in [1.29, 1.82) is 0 Å². The van der Waals surface area contributed by atoms with Crippen LogP contribution in [0.4, 0.5) is 5.69 Å². The number of hydrogen-bond donors (Lipinski definition) is 0. The minimum Gasteiger partial charge on any atom is -0.484 e. The summed E-state index contributed by atoms with van der Waals surface area (Å²) in [5.74, 6) is 0.595. The van der Waals surface area contributed by atoms with E-state index in [0.717, 1.165) is 12.0 Å². The molecule has 0 aromatic heterocycles. The lowest BCUT2D eigenvalue weighted by Gasteiger charge is -2.39. The summed E-state index contributed by atoms with van der Waals surface area (Å²) in [6.45, 7) is 6.11. The summed E-state index contributed by atoms with van der Waals surface area (Å²) in [5.41, 5.74) is 1.13. The van der Waals surface area contributed by atoms with Crippen LogP contribution in [-0.4, -0.2) is 20.6 Å². The zero-order chi connectivity index (χ0) is 16.7. The highest BCUT2D eigenvalue weighted by Gasteiger charge is 2.38. The molecule has 0 aliphatic carbocycles. The Kier molecular flexibility index (Phi) is 3.84. The molecule has 0 saturated carbocycles. The summed E-state index contributed by atoms with van der Waals surface area (Å²) in [6, 6.07) is 14.3. The van der Waals surface area contributed by atoms with Gasteiger partial charge in [-0.3, -0.25) is 4.31 Å². The van der Waals surface area contributed by atoms with Crippen molar-refractivity contribution in [3.8, 4) is 5.75 Å². The van der Waals surface area contributed by atoms with Gasteiger partial charge in [0.1, 0.15) is 11.4 Å². The molecule has 0 N–H and O–H groups in total. The predicted octanol–water partition coefficient (Wildman–Crippen LogP) is 3.62. The van der Waals surface area contributed by atoms with E-state index >= 15 is 0 Å². The molecule has 1 heterocycles. The molecule has 0 unspecified atom stereocenters. The van der Waals surface area contributed by atoms with Gasteiger partial charge in [-0.1, -0.05) is 31.2 Å². The van der Waals surface area contributed by atoms with Gasteiger partial charge in [-0.05, 0) is 50.1 Å². The highest BCUT2D eigenvalue weighted by atomic mass is 32.2. The molecule has 0 spiro atoms. The minimum absolute atomic E-state index is 0.280. The van der Waals surface area contributed by atoms with Gasteiger partial charge in [0.25, 0.3) is 10.0 Å². The summed E-state index contributed by atoms with van der Waals surface area (Å²) in [4.78, 5) is 0.308. The van der Waals surface area contributed by atoms with Gasteiger partial charge in [-0.2, -0.15) is 0 Å². The molecule has 2 aromatic carbocycles. The quantitative estimate of drug-likeness (QED) is 0.863. The van der Waals surface area contributed by atoms with E-state index in [-0.39, 0.29) is 6.54 Å². The third-order valence-corrected chi connectivity index (χ3v) is 5.74. The smallest absolute Gasteiger partial charge is 0.264 e. The molecule has 0 amide bonds. The van der Waals surface area contributed by atoms with Crippen LogP contribution in [0.3, 0.4) is 0 Å². The molecular formula is C18H21NO3S. The number of sulfonamides is 1. The van der Waals surface area contributed by atoms with Crippen molar-refractivity contribution < 1.29 is 13.2 Å². The molecule has 122 valence electrons. The number of para-hydroxylation sites is 2. The standard InChI is InChI=1S/C18H21NO3S/c1-4-14-9-11-15(12-10-14)23(20,21)19-13-18(2,3)22-17-8-6-5-7-16(17)19/h5-12H,4,13H2,1-3H3. The van der Waals surface area contributed by atoms with E-state index in [1.54, 1.807) is 24.3 Å². The maximum atomic E-state index is 13.1. The van der Waals surface area contributed by atoms with Gasteiger partial charge in [-0.15, -0.1) is 0 Å². The largest absolute Gasteiger partial charge is 0.484 e. The lowest BCUT2D eigenvalue weighted by Crippen LogP contribution is -2.49.